The maximum atomic E-state index is 5.92. The fourth-order valence-electron chi connectivity index (χ4n) is 3.52. The third kappa shape index (κ3) is 7.45. The van der Waals surface area contributed by atoms with Crippen LogP contribution in [0.5, 0.6) is 23.1 Å². The molecule has 1 saturated carbocycles. The summed E-state index contributed by atoms with van der Waals surface area (Å²) in [6, 6.07) is 9.81. The highest BCUT2D eigenvalue weighted by atomic mass is 127. The molecule has 3 rings (SSSR count). The van der Waals surface area contributed by atoms with E-state index in [-0.39, 0.29) is 24.0 Å². The largest absolute Gasteiger partial charge is 0.493 e. The molecule has 1 aromatic heterocycles. The van der Waals surface area contributed by atoms with Crippen molar-refractivity contribution in [2.24, 2.45) is 4.99 Å². The van der Waals surface area contributed by atoms with Gasteiger partial charge in [-0.3, -0.25) is 0 Å². The summed E-state index contributed by atoms with van der Waals surface area (Å²) >= 11 is 0. The molecule has 0 spiro atoms. The lowest BCUT2D eigenvalue weighted by molar-refractivity contribution is 0.342. The number of halogens is 1. The van der Waals surface area contributed by atoms with Crippen LogP contribution in [0, 0.1) is 0 Å². The highest BCUT2D eigenvalue weighted by molar-refractivity contribution is 14.0. The zero-order valence-electron chi connectivity index (χ0n) is 18.5. The number of ether oxygens (including phenoxy) is 3. The summed E-state index contributed by atoms with van der Waals surface area (Å²) in [4.78, 5) is 9.14. The van der Waals surface area contributed by atoms with Gasteiger partial charge in [0.25, 0.3) is 0 Å². The Kier molecular flexibility index (Phi) is 10.7. The van der Waals surface area contributed by atoms with Gasteiger partial charge in [0.1, 0.15) is 0 Å². The second kappa shape index (κ2) is 13.2. The fourth-order valence-corrected chi connectivity index (χ4v) is 3.52. The highest BCUT2D eigenvalue weighted by Crippen LogP contribution is 2.39. The molecule has 170 valence electrons. The van der Waals surface area contributed by atoms with Crippen molar-refractivity contribution in [3.8, 4) is 23.1 Å². The molecular formula is C23H33IN4O3. The van der Waals surface area contributed by atoms with Crippen LogP contribution in [0.15, 0.2) is 41.5 Å². The zero-order valence-corrected chi connectivity index (χ0v) is 20.8. The zero-order chi connectivity index (χ0) is 21.2. The Bertz CT molecular complexity index is 802. The Morgan fingerprint density at radius 2 is 1.77 bits per heavy atom. The van der Waals surface area contributed by atoms with Crippen molar-refractivity contribution < 1.29 is 14.2 Å². The minimum atomic E-state index is 0. The van der Waals surface area contributed by atoms with Gasteiger partial charge in [-0.05, 0) is 37.5 Å². The van der Waals surface area contributed by atoms with Crippen molar-refractivity contribution >= 4 is 29.9 Å². The molecule has 1 aromatic carbocycles. The van der Waals surface area contributed by atoms with Crippen LogP contribution in [0.1, 0.15) is 44.6 Å². The molecule has 0 bridgehead atoms. The van der Waals surface area contributed by atoms with Gasteiger partial charge in [-0.2, -0.15) is 0 Å². The van der Waals surface area contributed by atoms with E-state index in [0.29, 0.717) is 35.7 Å². The average molecular weight is 540 g/mol. The van der Waals surface area contributed by atoms with Gasteiger partial charge in [0.15, 0.2) is 17.5 Å². The SMILES string of the molecule is CCNC(=NCc1ccc(Oc2c(OC)cccc2OC)nc1)NC1CCCCC1.I. The molecular weight excluding hydrogens is 507 g/mol. The van der Waals surface area contributed by atoms with Crippen LogP contribution in [0.25, 0.3) is 0 Å². The van der Waals surface area contributed by atoms with Gasteiger partial charge in [0, 0.05) is 24.8 Å². The lowest BCUT2D eigenvalue weighted by Gasteiger charge is -2.24. The molecule has 1 aliphatic rings. The minimum absolute atomic E-state index is 0. The summed E-state index contributed by atoms with van der Waals surface area (Å²) in [6.07, 6.45) is 8.13. The van der Waals surface area contributed by atoms with E-state index in [4.69, 9.17) is 19.2 Å². The van der Waals surface area contributed by atoms with Gasteiger partial charge < -0.3 is 24.8 Å². The van der Waals surface area contributed by atoms with Crippen molar-refractivity contribution in [1.29, 1.82) is 0 Å². The van der Waals surface area contributed by atoms with E-state index >= 15 is 0 Å². The molecule has 0 saturated heterocycles. The van der Waals surface area contributed by atoms with E-state index in [1.165, 1.54) is 32.1 Å². The Morgan fingerprint density at radius 1 is 1.06 bits per heavy atom. The third-order valence-electron chi connectivity index (χ3n) is 5.10. The molecule has 2 N–H and O–H groups in total. The van der Waals surface area contributed by atoms with E-state index in [1.54, 1.807) is 20.4 Å². The van der Waals surface area contributed by atoms with Crippen LogP contribution in [-0.4, -0.2) is 37.7 Å². The van der Waals surface area contributed by atoms with Crippen LogP contribution in [0.2, 0.25) is 0 Å². The summed E-state index contributed by atoms with van der Waals surface area (Å²) in [6.45, 7) is 3.47. The first-order chi connectivity index (χ1) is 14.7. The van der Waals surface area contributed by atoms with Gasteiger partial charge >= 0.3 is 0 Å². The molecule has 0 unspecified atom stereocenters. The van der Waals surface area contributed by atoms with Gasteiger partial charge in [-0.15, -0.1) is 24.0 Å². The Morgan fingerprint density at radius 3 is 2.35 bits per heavy atom. The number of hydrogen-bond donors (Lipinski definition) is 2. The Balaban J connectivity index is 0.00000341. The average Bonchev–Trinajstić information content (AvgIpc) is 2.79. The van der Waals surface area contributed by atoms with Crippen LogP contribution >= 0.6 is 24.0 Å². The van der Waals surface area contributed by atoms with Gasteiger partial charge in [-0.25, -0.2) is 9.98 Å². The second-order valence-corrected chi connectivity index (χ2v) is 7.27. The first-order valence-corrected chi connectivity index (χ1v) is 10.6. The number of para-hydroxylation sites is 1. The maximum Gasteiger partial charge on any atom is 0.219 e. The predicted octanol–water partition coefficient (Wildman–Crippen LogP) is 4.90. The molecule has 2 aromatic rings. The number of aromatic nitrogens is 1. The topological polar surface area (TPSA) is 77.0 Å². The van der Waals surface area contributed by atoms with E-state index in [0.717, 1.165) is 18.1 Å². The van der Waals surface area contributed by atoms with E-state index in [2.05, 4.69) is 22.5 Å². The molecule has 7 nitrogen and oxygen atoms in total. The lowest BCUT2D eigenvalue weighted by atomic mass is 9.96. The van der Waals surface area contributed by atoms with Crippen molar-refractivity contribution in [3.63, 3.8) is 0 Å². The summed E-state index contributed by atoms with van der Waals surface area (Å²) < 4.78 is 16.7. The molecule has 0 atom stereocenters. The number of nitrogens with zero attached hydrogens (tertiary/aromatic N) is 2. The molecule has 8 heteroatoms. The molecule has 0 aliphatic heterocycles. The standard InChI is InChI=1S/C23H32N4O3.HI/c1-4-24-23(27-18-9-6-5-7-10-18)26-16-17-13-14-21(25-15-17)30-22-19(28-2)11-8-12-20(22)29-3;/h8,11-15,18H,4-7,9-10,16H2,1-3H3,(H2,24,26,27);1H. The molecule has 1 aliphatic carbocycles. The summed E-state index contributed by atoms with van der Waals surface area (Å²) in [7, 11) is 3.19. The number of guanidine groups is 1. The normalized spacial score (nSPS) is 14.4. The van der Waals surface area contributed by atoms with Crippen LogP contribution in [-0.2, 0) is 6.54 Å². The summed E-state index contributed by atoms with van der Waals surface area (Å²) in [5, 5.41) is 6.90. The summed E-state index contributed by atoms with van der Waals surface area (Å²) in [5.41, 5.74) is 1.01. The van der Waals surface area contributed by atoms with Crippen LogP contribution < -0.4 is 24.8 Å². The van der Waals surface area contributed by atoms with Crippen LogP contribution in [0.4, 0.5) is 0 Å². The first kappa shape index (κ1) is 25.0. The maximum absolute atomic E-state index is 5.92. The number of aliphatic imine (C=N–C) groups is 1. The molecule has 0 amide bonds. The van der Waals surface area contributed by atoms with Crippen molar-refractivity contribution in [2.75, 3.05) is 20.8 Å². The monoisotopic (exact) mass is 540 g/mol. The Hall–Kier alpha value is -2.23. The smallest absolute Gasteiger partial charge is 0.219 e. The van der Waals surface area contributed by atoms with E-state index in [9.17, 15) is 0 Å². The van der Waals surface area contributed by atoms with Crippen LogP contribution in [0.3, 0.4) is 0 Å². The fraction of sp³-hybridized carbons (Fsp3) is 0.478. The van der Waals surface area contributed by atoms with Crippen molar-refractivity contribution in [2.45, 2.75) is 51.6 Å². The third-order valence-corrected chi connectivity index (χ3v) is 5.10. The predicted molar refractivity (Wildman–Crippen MR) is 134 cm³/mol. The number of pyridine rings is 1. The molecule has 1 fully saturated rings. The number of methoxy groups -OCH3 is 2. The Labute approximate surface area is 202 Å². The van der Waals surface area contributed by atoms with Gasteiger partial charge in [-0.1, -0.05) is 31.4 Å². The lowest BCUT2D eigenvalue weighted by Crippen LogP contribution is -2.44. The first-order valence-electron chi connectivity index (χ1n) is 10.6. The molecule has 31 heavy (non-hydrogen) atoms. The quantitative estimate of drug-likeness (QED) is 0.282. The number of rotatable bonds is 8. The summed E-state index contributed by atoms with van der Waals surface area (Å²) in [5.74, 6) is 3.02. The molecule has 1 heterocycles. The number of nitrogens with one attached hydrogen (secondary N) is 2. The van der Waals surface area contributed by atoms with E-state index in [1.807, 2.05) is 30.3 Å². The minimum Gasteiger partial charge on any atom is -0.493 e. The number of benzene rings is 1. The van der Waals surface area contributed by atoms with Gasteiger partial charge in [0.05, 0.1) is 20.8 Å². The van der Waals surface area contributed by atoms with Crippen molar-refractivity contribution in [1.82, 2.24) is 15.6 Å². The number of hydrogen-bond acceptors (Lipinski definition) is 5. The highest BCUT2D eigenvalue weighted by Gasteiger charge is 2.15. The van der Waals surface area contributed by atoms with E-state index < -0.39 is 0 Å². The molecule has 0 radical (unpaired) electrons. The van der Waals surface area contributed by atoms with Crippen molar-refractivity contribution in [3.05, 3.63) is 42.1 Å². The second-order valence-electron chi connectivity index (χ2n) is 7.27. The van der Waals surface area contributed by atoms with Gasteiger partial charge in [0.2, 0.25) is 11.6 Å².